The zero-order chi connectivity index (χ0) is 16.9. The van der Waals surface area contributed by atoms with Crippen LogP contribution in [0.4, 0.5) is 0 Å². The number of halogens is 1. The van der Waals surface area contributed by atoms with E-state index in [1.165, 1.54) is 24.1 Å². The molecule has 0 saturated heterocycles. The summed E-state index contributed by atoms with van der Waals surface area (Å²) in [5.41, 5.74) is 1.09. The molecule has 2 N–H and O–H groups in total. The molecule has 0 spiro atoms. The zero-order valence-corrected chi connectivity index (χ0v) is 18.1. The van der Waals surface area contributed by atoms with Crippen LogP contribution in [0.15, 0.2) is 4.99 Å². The third kappa shape index (κ3) is 5.13. The van der Waals surface area contributed by atoms with Gasteiger partial charge < -0.3 is 15.2 Å². The first-order valence-corrected chi connectivity index (χ1v) is 9.27. The van der Waals surface area contributed by atoms with E-state index in [1.54, 1.807) is 18.4 Å². The fraction of sp³-hybridized carbons (Fsp3) is 0.625. The van der Waals surface area contributed by atoms with E-state index in [1.807, 2.05) is 13.8 Å². The van der Waals surface area contributed by atoms with E-state index in [4.69, 9.17) is 0 Å². The summed E-state index contributed by atoms with van der Waals surface area (Å²) >= 11 is 1.72. The first kappa shape index (κ1) is 20.1. The van der Waals surface area contributed by atoms with Crippen LogP contribution in [0, 0.1) is 13.8 Å². The second kappa shape index (κ2) is 9.46. The largest absolute Gasteiger partial charge is 0.351 e. The van der Waals surface area contributed by atoms with Crippen molar-refractivity contribution >= 4 is 41.3 Å². The molecular formula is C16H26IN7S. The quantitative estimate of drug-likeness (QED) is 0.404. The van der Waals surface area contributed by atoms with Crippen LogP contribution >= 0.6 is 35.3 Å². The number of hydrogen-bond donors (Lipinski definition) is 2. The van der Waals surface area contributed by atoms with Gasteiger partial charge in [-0.05, 0) is 26.7 Å². The minimum absolute atomic E-state index is 0. The summed E-state index contributed by atoms with van der Waals surface area (Å²) in [5.74, 6) is 2.87. The van der Waals surface area contributed by atoms with Crippen LogP contribution in [-0.4, -0.2) is 32.8 Å². The fourth-order valence-corrected chi connectivity index (χ4v) is 3.84. The number of aliphatic imine (C=N–C) groups is 1. The highest BCUT2D eigenvalue weighted by atomic mass is 127. The van der Waals surface area contributed by atoms with Crippen molar-refractivity contribution in [2.24, 2.45) is 4.99 Å². The van der Waals surface area contributed by atoms with Crippen LogP contribution in [0.1, 0.15) is 46.5 Å². The zero-order valence-electron chi connectivity index (χ0n) is 15.0. The molecule has 1 aliphatic rings. The minimum atomic E-state index is 0. The molecule has 0 atom stereocenters. The van der Waals surface area contributed by atoms with Crippen LogP contribution in [-0.2, 0) is 26.1 Å². The summed E-state index contributed by atoms with van der Waals surface area (Å²) in [4.78, 5) is 9.99. The highest BCUT2D eigenvalue weighted by Gasteiger charge is 2.14. The van der Waals surface area contributed by atoms with Gasteiger partial charge in [-0.3, -0.25) is 4.99 Å². The Hall–Kier alpha value is -1.23. The molecule has 9 heteroatoms. The van der Waals surface area contributed by atoms with Gasteiger partial charge in [-0.25, -0.2) is 4.98 Å². The first-order valence-electron chi connectivity index (χ1n) is 8.45. The number of rotatable bonds is 4. The van der Waals surface area contributed by atoms with Crippen LogP contribution in [0.3, 0.4) is 0 Å². The molecule has 0 aromatic carbocycles. The van der Waals surface area contributed by atoms with Crippen LogP contribution in [0.5, 0.6) is 0 Å². The molecule has 0 aliphatic carbocycles. The minimum Gasteiger partial charge on any atom is -0.351 e. The third-order valence-electron chi connectivity index (χ3n) is 4.24. The van der Waals surface area contributed by atoms with Gasteiger partial charge in [0.25, 0.3) is 0 Å². The number of thiazole rings is 1. The number of nitrogens with zero attached hydrogens (tertiary/aromatic N) is 5. The van der Waals surface area contributed by atoms with Gasteiger partial charge in [0.05, 0.1) is 23.8 Å². The fourth-order valence-electron chi connectivity index (χ4n) is 2.96. The van der Waals surface area contributed by atoms with E-state index in [0.717, 1.165) is 47.8 Å². The van der Waals surface area contributed by atoms with Crippen molar-refractivity contribution in [1.29, 1.82) is 0 Å². The molecule has 0 amide bonds. The highest BCUT2D eigenvalue weighted by Crippen LogP contribution is 2.16. The van der Waals surface area contributed by atoms with E-state index in [0.29, 0.717) is 6.54 Å². The predicted molar refractivity (Wildman–Crippen MR) is 112 cm³/mol. The standard InChI is InChI=1S/C16H25N7S.HI/c1-11-13(24-12(2)20-11)9-18-16(17-3)19-10-15-22-21-14-7-5-4-6-8-23(14)15;/h4-10H2,1-3H3,(H2,17,18,19);1H. The average Bonchev–Trinajstić information content (AvgIpc) is 3.00. The lowest BCUT2D eigenvalue weighted by Crippen LogP contribution is -2.37. The first-order chi connectivity index (χ1) is 11.7. The van der Waals surface area contributed by atoms with Crippen LogP contribution in [0.25, 0.3) is 0 Å². The molecule has 2 aromatic heterocycles. The number of guanidine groups is 1. The van der Waals surface area contributed by atoms with Crippen molar-refractivity contribution in [2.75, 3.05) is 7.05 Å². The SMILES string of the molecule is CN=C(NCc1sc(C)nc1C)NCc1nnc2n1CCCCC2.I. The van der Waals surface area contributed by atoms with Gasteiger partial charge in [-0.2, -0.15) is 0 Å². The number of fused-ring (bicyclic) bond motifs is 1. The normalized spacial score (nSPS) is 14.4. The van der Waals surface area contributed by atoms with Gasteiger partial charge >= 0.3 is 0 Å². The molecule has 0 unspecified atom stereocenters. The number of aryl methyl sites for hydroxylation is 3. The van der Waals surface area contributed by atoms with Crippen molar-refractivity contribution in [3.8, 4) is 0 Å². The average molecular weight is 475 g/mol. The van der Waals surface area contributed by atoms with Gasteiger partial charge in [-0.1, -0.05) is 6.42 Å². The smallest absolute Gasteiger partial charge is 0.191 e. The van der Waals surface area contributed by atoms with Gasteiger partial charge in [0.15, 0.2) is 11.8 Å². The highest BCUT2D eigenvalue weighted by molar-refractivity contribution is 14.0. The second-order valence-electron chi connectivity index (χ2n) is 6.02. The van der Waals surface area contributed by atoms with Crippen molar-refractivity contribution in [3.63, 3.8) is 0 Å². The number of nitrogens with one attached hydrogen (secondary N) is 2. The Balaban J connectivity index is 0.00000225. The van der Waals surface area contributed by atoms with Crippen molar-refractivity contribution < 1.29 is 0 Å². The van der Waals surface area contributed by atoms with Crippen LogP contribution in [0.2, 0.25) is 0 Å². The maximum atomic E-state index is 4.46. The Kier molecular flexibility index (Phi) is 7.60. The molecule has 0 radical (unpaired) electrons. The Morgan fingerprint density at radius 1 is 1.16 bits per heavy atom. The third-order valence-corrected chi connectivity index (χ3v) is 5.31. The van der Waals surface area contributed by atoms with Crippen molar-refractivity contribution in [1.82, 2.24) is 30.4 Å². The predicted octanol–water partition coefficient (Wildman–Crippen LogP) is 2.56. The van der Waals surface area contributed by atoms with Crippen molar-refractivity contribution in [3.05, 3.63) is 27.2 Å². The van der Waals surface area contributed by atoms with Crippen molar-refractivity contribution in [2.45, 2.75) is 59.2 Å². The van der Waals surface area contributed by atoms with E-state index >= 15 is 0 Å². The molecule has 1 aliphatic heterocycles. The molecule has 3 rings (SSSR count). The summed E-state index contributed by atoms with van der Waals surface area (Å²) in [5, 5.41) is 16.5. The summed E-state index contributed by atoms with van der Waals surface area (Å²) in [7, 11) is 1.78. The van der Waals surface area contributed by atoms with E-state index < -0.39 is 0 Å². The van der Waals surface area contributed by atoms with Gasteiger partial charge in [-0.15, -0.1) is 45.5 Å². The molecule has 0 bridgehead atoms. The lowest BCUT2D eigenvalue weighted by Gasteiger charge is -2.12. The molecule has 138 valence electrons. The topological polar surface area (TPSA) is 80.0 Å². The Bertz CT molecular complexity index is 722. The van der Waals surface area contributed by atoms with Gasteiger partial charge in [0.1, 0.15) is 5.82 Å². The maximum absolute atomic E-state index is 4.46. The molecule has 7 nitrogen and oxygen atoms in total. The van der Waals surface area contributed by atoms with E-state index in [2.05, 4.69) is 35.4 Å². The van der Waals surface area contributed by atoms with Gasteiger partial charge in [0.2, 0.25) is 0 Å². The Morgan fingerprint density at radius 2 is 1.96 bits per heavy atom. The summed E-state index contributed by atoms with van der Waals surface area (Å²) in [6.07, 6.45) is 4.72. The molecule has 2 aromatic rings. The van der Waals surface area contributed by atoms with E-state index in [-0.39, 0.29) is 24.0 Å². The van der Waals surface area contributed by atoms with E-state index in [9.17, 15) is 0 Å². The summed E-state index contributed by atoms with van der Waals surface area (Å²) in [6.45, 7) is 6.46. The Labute approximate surface area is 169 Å². The monoisotopic (exact) mass is 475 g/mol. The molecule has 0 fully saturated rings. The lowest BCUT2D eigenvalue weighted by atomic mass is 10.2. The number of hydrogen-bond acceptors (Lipinski definition) is 5. The molecule has 3 heterocycles. The summed E-state index contributed by atoms with van der Waals surface area (Å²) in [6, 6.07) is 0. The van der Waals surface area contributed by atoms with Gasteiger partial charge in [0, 0.05) is 24.9 Å². The lowest BCUT2D eigenvalue weighted by molar-refractivity contribution is 0.596. The number of aromatic nitrogens is 4. The molecule has 0 saturated carbocycles. The van der Waals surface area contributed by atoms with Crippen LogP contribution < -0.4 is 10.6 Å². The molecule has 25 heavy (non-hydrogen) atoms. The Morgan fingerprint density at radius 3 is 2.68 bits per heavy atom. The summed E-state index contributed by atoms with van der Waals surface area (Å²) < 4.78 is 2.25. The maximum Gasteiger partial charge on any atom is 0.191 e. The second-order valence-corrected chi connectivity index (χ2v) is 7.30. The molecular weight excluding hydrogens is 449 g/mol.